The summed E-state index contributed by atoms with van der Waals surface area (Å²) >= 11 is 7.51. The summed E-state index contributed by atoms with van der Waals surface area (Å²) in [6, 6.07) is 7.51. The van der Waals surface area contributed by atoms with Crippen molar-refractivity contribution >= 4 is 35.2 Å². The summed E-state index contributed by atoms with van der Waals surface area (Å²) in [5.74, 6) is 0.546. The summed E-state index contributed by atoms with van der Waals surface area (Å²) in [6.07, 6.45) is 0. The number of piperazine rings is 1. The number of carbonyl (C=O) groups excluding carboxylic acids is 2. The van der Waals surface area contributed by atoms with Gasteiger partial charge < -0.3 is 9.80 Å². The van der Waals surface area contributed by atoms with Crippen molar-refractivity contribution in [3.05, 3.63) is 29.3 Å². The van der Waals surface area contributed by atoms with Gasteiger partial charge in [0.1, 0.15) is 0 Å². The van der Waals surface area contributed by atoms with Gasteiger partial charge in [-0.25, -0.2) is 0 Å². The second-order valence-electron chi connectivity index (χ2n) is 4.61. The van der Waals surface area contributed by atoms with Crippen LogP contribution in [0.5, 0.6) is 0 Å². The smallest absolute Gasteiger partial charge is 0.233 e. The molecule has 0 saturated carbocycles. The summed E-state index contributed by atoms with van der Waals surface area (Å²) in [5, 5.41) is 0.673. The largest absolute Gasteiger partial charge is 0.339 e. The highest BCUT2D eigenvalue weighted by atomic mass is 35.5. The molecule has 0 radical (unpaired) electrons. The standard InChI is InChI=1S/C14H17ClN2O2S/c1-11(18)16-6-8-17(9-7-16)14(19)10-20-13-5-3-2-4-12(13)15/h2-5H,6-10H2,1H3. The second-order valence-corrected chi connectivity index (χ2v) is 6.03. The first-order valence-electron chi connectivity index (χ1n) is 6.48. The number of halogens is 1. The van der Waals surface area contributed by atoms with Crippen molar-refractivity contribution in [3.63, 3.8) is 0 Å². The van der Waals surface area contributed by atoms with Crippen molar-refractivity contribution in [2.24, 2.45) is 0 Å². The van der Waals surface area contributed by atoms with Crippen molar-refractivity contribution in [1.82, 2.24) is 9.80 Å². The minimum atomic E-state index is 0.0718. The van der Waals surface area contributed by atoms with Gasteiger partial charge in [0.15, 0.2) is 0 Å². The Bertz CT molecular complexity index is 502. The van der Waals surface area contributed by atoms with E-state index >= 15 is 0 Å². The zero-order chi connectivity index (χ0) is 14.5. The number of benzene rings is 1. The summed E-state index contributed by atoms with van der Waals surface area (Å²) < 4.78 is 0. The molecule has 2 rings (SSSR count). The Hall–Kier alpha value is -1.20. The maximum absolute atomic E-state index is 12.1. The summed E-state index contributed by atoms with van der Waals surface area (Å²) in [5.41, 5.74) is 0. The number of rotatable bonds is 3. The molecular formula is C14H17ClN2O2S. The first-order chi connectivity index (χ1) is 9.58. The first kappa shape index (κ1) is 15.2. The molecule has 20 heavy (non-hydrogen) atoms. The normalized spacial score (nSPS) is 15.3. The van der Waals surface area contributed by atoms with E-state index in [1.54, 1.807) is 11.8 Å². The number of nitrogens with zero attached hydrogens (tertiary/aromatic N) is 2. The van der Waals surface area contributed by atoms with E-state index < -0.39 is 0 Å². The fourth-order valence-corrected chi connectivity index (χ4v) is 3.20. The van der Waals surface area contributed by atoms with Crippen molar-refractivity contribution in [3.8, 4) is 0 Å². The summed E-state index contributed by atoms with van der Waals surface area (Å²) in [6.45, 7) is 4.03. The number of carbonyl (C=O) groups is 2. The second kappa shape index (κ2) is 6.99. The van der Waals surface area contributed by atoms with Crippen molar-refractivity contribution in [2.75, 3.05) is 31.9 Å². The van der Waals surface area contributed by atoms with Gasteiger partial charge in [0, 0.05) is 38.0 Å². The molecule has 6 heteroatoms. The molecule has 0 aromatic heterocycles. The van der Waals surface area contributed by atoms with E-state index in [1.165, 1.54) is 11.8 Å². The van der Waals surface area contributed by atoms with Crippen LogP contribution in [0.3, 0.4) is 0 Å². The minimum absolute atomic E-state index is 0.0718. The summed E-state index contributed by atoms with van der Waals surface area (Å²) in [4.78, 5) is 27.8. The van der Waals surface area contributed by atoms with Gasteiger partial charge in [-0.1, -0.05) is 23.7 Å². The predicted octanol–water partition coefficient (Wildman–Crippen LogP) is 2.12. The Balaban J connectivity index is 1.82. The molecular weight excluding hydrogens is 296 g/mol. The van der Waals surface area contributed by atoms with Crippen LogP contribution in [0.15, 0.2) is 29.2 Å². The fourth-order valence-electron chi connectivity index (χ4n) is 2.06. The van der Waals surface area contributed by atoms with Crippen LogP contribution in [-0.2, 0) is 9.59 Å². The van der Waals surface area contributed by atoms with Crippen molar-refractivity contribution in [1.29, 1.82) is 0 Å². The Morgan fingerprint density at radius 2 is 1.75 bits per heavy atom. The molecule has 0 spiro atoms. The van der Waals surface area contributed by atoms with Gasteiger partial charge in [-0.05, 0) is 12.1 Å². The van der Waals surface area contributed by atoms with Crippen LogP contribution in [0.2, 0.25) is 5.02 Å². The third-order valence-electron chi connectivity index (χ3n) is 3.27. The molecule has 1 fully saturated rings. The van der Waals surface area contributed by atoms with E-state index in [1.807, 2.05) is 29.2 Å². The maximum Gasteiger partial charge on any atom is 0.233 e. The molecule has 1 heterocycles. The van der Waals surface area contributed by atoms with Crippen LogP contribution in [-0.4, -0.2) is 53.5 Å². The highest BCUT2D eigenvalue weighted by Gasteiger charge is 2.22. The third kappa shape index (κ3) is 3.90. The minimum Gasteiger partial charge on any atom is -0.339 e. The van der Waals surface area contributed by atoms with E-state index in [2.05, 4.69) is 0 Å². The van der Waals surface area contributed by atoms with Crippen LogP contribution in [0.25, 0.3) is 0 Å². The molecule has 1 aliphatic heterocycles. The Kier molecular flexibility index (Phi) is 5.31. The van der Waals surface area contributed by atoms with Crippen molar-refractivity contribution in [2.45, 2.75) is 11.8 Å². The molecule has 0 N–H and O–H groups in total. The third-order valence-corrected chi connectivity index (χ3v) is 4.77. The van der Waals surface area contributed by atoms with Gasteiger partial charge in [-0.2, -0.15) is 0 Å². The fraction of sp³-hybridized carbons (Fsp3) is 0.429. The highest BCUT2D eigenvalue weighted by molar-refractivity contribution is 8.00. The summed E-state index contributed by atoms with van der Waals surface area (Å²) in [7, 11) is 0. The highest BCUT2D eigenvalue weighted by Crippen LogP contribution is 2.26. The number of hydrogen-bond acceptors (Lipinski definition) is 3. The van der Waals surface area contributed by atoms with Crippen LogP contribution in [0, 0.1) is 0 Å². The number of hydrogen-bond donors (Lipinski definition) is 0. The average molecular weight is 313 g/mol. The Morgan fingerprint density at radius 1 is 1.15 bits per heavy atom. The van der Waals surface area contributed by atoms with Crippen LogP contribution in [0.1, 0.15) is 6.92 Å². The number of amides is 2. The zero-order valence-electron chi connectivity index (χ0n) is 11.3. The number of thioether (sulfide) groups is 1. The van der Waals surface area contributed by atoms with Crippen LogP contribution in [0.4, 0.5) is 0 Å². The molecule has 0 unspecified atom stereocenters. The van der Waals surface area contributed by atoms with Crippen molar-refractivity contribution < 1.29 is 9.59 Å². The van der Waals surface area contributed by atoms with Gasteiger partial charge >= 0.3 is 0 Å². The first-order valence-corrected chi connectivity index (χ1v) is 7.85. The van der Waals surface area contributed by atoms with E-state index in [9.17, 15) is 9.59 Å². The lowest BCUT2D eigenvalue weighted by atomic mass is 10.3. The van der Waals surface area contributed by atoms with E-state index in [0.29, 0.717) is 37.0 Å². The lowest BCUT2D eigenvalue weighted by Gasteiger charge is -2.34. The molecule has 1 saturated heterocycles. The molecule has 0 aliphatic carbocycles. The molecule has 1 aromatic rings. The van der Waals surface area contributed by atoms with Gasteiger partial charge in [0.2, 0.25) is 11.8 Å². The van der Waals surface area contributed by atoms with Gasteiger partial charge in [-0.15, -0.1) is 11.8 Å². The quantitative estimate of drug-likeness (QED) is 0.803. The molecule has 2 amide bonds. The molecule has 4 nitrogen and oxygen atoms in total. The SMILES string of the molecule is CC(=O)N1CCN(C(=O)CSc2ccccc2Cl)CC1. The topological polar surface area (TPSA) is 40.6 Å². The molecule has 1 aliphatic rings. The lowest BCUT2D eigenvalue weighted by molar-refractivity contribution is -0.136. The molecule has 0 bridgehead atoms. The van der Waals surface area contributed by atoms with Gasteiger partial charge in [-0.3, -0.25) is 9.59 Å². The monoisotopic (exact) mass is 312 g/mol. The Labute approximate surface area is 128 Å². The average Bonchev–Trinajstić information content (AvgIpc) is 2.46. The van der Waals surface area contributed by atoms with Crippen LogP contribution < -0.4 is 0 Å². The van der Waals surface area contributed by atoms with E-state index in [4.69, 9.17) is 11.6 Å². The molecule has 0 atom stereocenters. The lowest BCUT2D eigenvalue weighted by Crippen LogP contribution is -2.50. The maximum atomic E-state index is 12.1. The molecule has 108 valence electrons. The Morgan fingerprint density at radius 3 is 2.35 bits per heavy atom. The van der Waals surface area contributed by atoms with E-state index in [0.717, 1.165) is 4.90 Å². The zero-order valence-corrected chi connectivity index (χ0v) is 12.9. The molecule has 1 aromatic carbocycles. The van der Waals surface area contributed by atoms with Gasteiger partial charge in [0.25, 0.3) is 0 Å². The predicted molar refractivity (Wildman–Crippen MR) is 81.0 cm³/mol. The van der Waals surface area contributed by atoms with Crippen LogP contribution >= 0.6 is 23.4 Å². The van der Waals surface area contributed by atoms with E-state index in [-0.39, 0.29) is 11.8 Å². The van der Waals surface area contributed by atoms with Gasteiger partial charge in [0.05, 0.1) is 10.8 Å².